The average Bonchev–Trinajstić information content (AvgIpc) is 3.61. The van der Waals surface area contributed by atoms with Gasteiger partial charge in [0.2, 0.25) is 5.88 Å². The van der Waals surface area contributed by atoms with Gasteiger partial charge in [-0.25, -0.2) is 4.98 Å². The zero-order valence-electron chi connectivity index (χ0n) is 21.6. The van der Waals surface area contributed by atoms with Crippen LogP contribution >= 0.6 is 8.60 Å². The molecule has 0 aliphatic carbocycles. The van der Waals surface area contributed by atoms with E-state index in [4.69, 9.17) is 28.4 Å². The molecule has 0 saturated heterocycles. The fourth-order valence-electron chi connectivity index (χ4n) is 4.78. The monoisotopic (exact) mass is 569 g/mol. The number of hydrogen-bond acceptors (Lipinski definition) is 7. The Balaban J connectivity index is 0.00000337. The maximum atomic E-state index is 9.12. The van der Waals surface area contributed by atoms with Crippen molar-refractivity contribution >= 4 is 20.5 Å². The molecule has 3 aromatic carbocycles. The summed E-state index contributed by atoms with van der Waals surface area (Å²) in [6.45, 7) is 0.287. The lowest BCUT2D eigenvalue weighted by Gasteiger charge is -2.27. The summed E-state index contributed by atoms with van der Waals surface area (Å²) in [5.74, 6) is 2.69. The van der Waals surface area contributed by atoms with E-state index in [1.165, 1.54) is 5.56 Å². The Morgan fingerprint density at radius 2 is 1.61 bits per heavy atom. The Kier molecular flexibility index (Phi) is 8.85. The van der Waals surface area contributed by atoms with Crippen molar-refractivity contribution in [1.29, 1.82) is 0 Å². The van der Waals surface area contributed by atoms with Gasteiger partial charge in [0.25, 0.3) is 0 Å². The van der Waals surface area contributed by atoms with Crippen LogP contribution in [0.15, 0.2) is 108 Å². The van der Waals surface area contributed by atoms with Crippen LogP contribution < -0.4 is 14.6 Å². The minimum atomic E-state index is -2.47. The molecule has 1 atom stereocenters. The minimum absolute atomic E-state index is 0. The van der Waals surface area contributed by atoms with Crippen LogP contribution in [-0.2, 0) is 19.4 Å². The zero-order chi connectivity index (χ0) is 27.3. The summed E-state index contributed by atoms with van der Waals surface area (Å²) in [6.07, 6.45) is 4.94. The number of rotatable bonds is 10. The van der Waals surface area contributed by atoms with Gasteiger partial charge in [0, 0.05) is 6.20 Å². The third-order valence-corrected chi connectivity index (χ3v) is 7.01. The number of ether oxygens (including phenoxy) is 1. The molecule has 5 aromatic rings. The summed E-state index contributed by atoms with van der Waals surface area (Å²) in [5, 5.41) is 3.71. The standard InChI is InChI=1S/C31H28N3O5P.CH4/c35-40(36)39-25-15-13-23(14-16-25)21-38-31-28(19-26-12-7-17-37-26)33-30-27(18-22-8-3-1-4-9-22)32-29(20-34(30)31)24-10-5-2-6-11-24;/h1-17,20,27,32,35-36H,18-19,21H2;1H4. The smallest absolute Gasteiger partial charge is 0.391 e. The van der Waals surface area contributed by atoms with E-state index in [2.05, 4.69) is 29.6 Å². The number of hydrogen-bond donors (Lipinski definition) is 3. The molecule has 0 spiro atoms. The molecule has 0 fully saturated rings. The molecule has 6 rings (SSSR count). The van der Waals surface area contributed by atoms with Gasteiger partial charge in [0.05, 0.1) is 24.4 Å². The van der Waals surface area contributed by atoms with E-state index in [0.29, 0.717) is 18.1 Å². The van der Waals surface area contributed by atoms with Gasteiger partial charge in [-0.2, -0.15) is 0 Å². The Bertz CT molecular complexity index is 1570. The summed E-state index contributed by atoms with van der Waals surface area (Å²) in [5.41, 5.74) is 4.93. The Labute approximate surface area is 240 Å². The highest BCUT2D eigenvalue weighted by Gasteiger charge is 2.29. The minimum Gasteiger partial charge on any atom is -0.472 e. The highest BCUT2D eigenvalue weighted by molar-refractivity contribution is 7.39. The van der Waals surface area contributed by atoms with Crippen LogP contribution in [0.5, 0.6) is 11.6 Å². The first-order valence-corrected chi connectivity index (χ1v) is 14.1. The molecule has 0 amide bonds. The van der Waals surface area contributed by atoms with Gasteiger partial charge in [-0.1, -0.05) is 80.2 Å². The van der Waals surface area contributed by atoms with Gasteiger partial charge < -0.3 is 28.8 Å². The van der Waals surface area contributed by atoms with Crippen LogP contribution in [0.4, 0.5) is 0 Å². The van der Waals surface area contributed by atoms with E-state index in [1.54, 1.807) is 18.4 Å². The highest BCUT2D eigenvalue weighted by Crippen LogP contribution is 2.35. The van der Waals surface area contributed by atoms with Crippen molar-refractivity contribution in [3.05, 3.63) is 137 Å². The zero-order valence-corrected chi connectivity index (χ0v) is 22.4. The largest absolute Gasteiger partial charge is 0.472 e. The van der Waals surface area contributed by atoms with Gasteiger partial charge in [-0.15, -0.1) is 0 Å². The third kappa shape index (κ3) is 6.69. The quantitative estimate of drug-likeness (QED) is 0.161. The maximum absolute atomic E-state index is 9.12. The molecule has 8 nitrogen and oxygen atoms in total. The van der Waals surface area contributed by atoms with Crippen LogP contribution in [0, 0.1) is 0 Å². The predicted octanol–water partition coefficient (Wildman–Crippen LogP) is 6.71. The number of nitrogens with zero attached hydrogens (tertiary/aromatic N) is 2. The van der Waals surface area contributed by atoms with E-state index >= 15 is 0 Å². The van der Waals surface area contributed by atoms with E-state index in [-0.39, 0.29) is 20.1 Å². The van der Waals surface area contributed by atoms with Gasteiger partial charge in [0.15, 0.2) is 0 Å². The van der Waals surface area contributed by atoms with Crippen LogP contribution in [0.25, 0.3) is 11.9 Å². The molecule has 210 valence electrons. The lowest BCUT2D eigenvalue weighted by atomic mass is 10.0. The van der Waals surface area contributed by atoms with Gasteiger partial charge >= 0.3 is 8.60 Å². The summed E-state index contributed by atoms with van der Waals surface area (Å²) < 4.78 is 19.2. The molecule has 3 heterocycles. The Morgan fingerprint density at radius 3 is 2.29 bits per heavy atom. The molecule has 0 radical (unpaired) electrons. The molecule has 0 bridgehead atoms. The number of aromatic nitrogens is 2. The van der Waals surface area contributed by atoms with Gasteiger partial charge in [0.1, 0.15) is 29.6 Å². The average molecular weight is 570 g/mol. The maximum Gasteiger partial charge on any atom is 0.391 e. The normalized spacial score (nSPS) is 14.0. The third-order valence-electron chi connectivity index (χ3n) is 6.64. The Hall–Kier alpha value is -4.36. The molecule has 1 aliphatic rings. The van der Waals surface area contributed by atoms with Crippen molar-refractivity contribution in [1.82, 2.24) is 14.9 Å². The summed E-state index contributed by atoms with van der Waals surface area (Å²) >= 11 is 0. The lowest BCUT2D eigenvalue weighted by Crippen LogP contribution is -2.28. The Morgan fingerprint density at radius 1 is 0.878 bits per heavy atom. The number of nitrogens with one attached hydrogen (secondary N) is 1. The van der Waals surface area contributed by atoms with Crippen molar-refractivity contribution in [2.75, 3.05) is 0 Å². The van der Waals surface area contributed by atoms with Gasteiger partial charge in [-0.05, 0) is 47.4 Å². The first kappa shape index (κ1) is 28.2. The van der Waals surface area contributed by atoms with Crippen molar-refractivity contribution < 1.29 is 23.5 Å². The number of benzene rings is 3. The summed E-state index contributed by atoms with van der Waals surface area (Å²) in [4.78, 5) is 23.3. The summed E-state index contributed by atoms with van der Waals surface area (Å²) in [7, 11) is -2.47. The van der Waals surface area contributed by atoms with E-state index in [0.717, 1.165) is 40.5 Å². The predicted molar refractivity (Wildman–Crippen MR) is 160 cm³/mol. The molecule has 3 N–H and O–H groups in total. The van der Waals surface area contributed by atoms with Crippen molar-refractivity contribution in [2.45, 2.75) is 32.9 Å². The van der Waals surface area contributed by atoms with E-state index in [1.807, 2.05) is 71.4 Å². The second-order valence-corrected chi connectivity index (χ2v) is 10.1. The fourth-order valence-corrected chi connectivity index (χ4v) is 5.09. The number of furan rings is 1. The van der Waals surface area contributed by atoms with Crippen molar-refractivity contribution in [2.24, 2.45) is 0 Å². The van der Waals surface area contributed by atoms with Crippen molar-refractivity contribution in [3.63, 3.8) is 0 Å². The van der Waals surface area contributed by atoms with Crippen LogP contribution in [-0.4, -0.2) is 19.3 Å². The van der Waals surface area contributed by atoms with E-state index in [9.17, 15) is 0 Å². The molecular weight excluding hydrogens is 537 g/mol. The van der Waals surface area contributed by atoms with Crippen molar-refractivity contribution in [3.8, 4) is 11.6 Å². The second kappa shape index (κ2) is 12.9. The van der Waals surface area contributed by atoms with Crippen LogP contribution in [0.2, 0.25) is 0 Å². The fraction of sp³-hybridized carbons (Fsp3) is 0.156. The first-order chi connectivity index (χ1) is 19.6. The topological polar surface area (TPSA) is 102 Å². The molecule has 1 unspecified atom stereocenters. The number of fused-ring (bicyclic) bond motifs is 1. The number of imidazole rings is 1. The first-order valence-electron chi connectivity index (χ1n) is 12.9. The summed E-state index contributed by atoms with van der Waals surface area (Å²) in [6, 6.07) is 31.3. The molecule has 0 saturated carbocycles. The molecule has 41 heavy (non-hydrogen) atoms. The van der Waals surface area contributed by atoms with Crippen LogP contribution in [0.3, 0.4) is 0 Å². The highest BCUT2D eigenvalue weighted by atomic mass is 31.2. The molecule has 1 aliphatic heterocycles. The van der Waals surface area contributed by atoms with E-state index < -0.39 is 8.60 Å². The lowest BCUT2D eigenvalue weighted by molar-refractivity contribution is 0.284. The molecular formula is C32H32N3O5P. The van der Waals surface area contributed by atoms with Crippen LogP contribution in [0.1, 0.15) is 47.4 Å². The SMILES string of the molecule is C.OP(O)Oc1ccc(COc2c(Cc3ccco3)nc3n2C=C(c2ccccc2)NC3Cc2ccccc2)cc1. The van der Waals surface area contributed by atoms with Gasteiger partial charge in [-0.3, -0.25) is 4.57 Å². The molecule has 9 heteroatoms. The molecule has 2 aromatic heterocycles. The second-order valence-electron chi connectivity index (χ2n) is 9.42.